The SMILES string of the molecule is CCCCCS(=O)CC(=O)Nc1cc(N)ccc1OC. The molecule has 20 heavy (non-hydrogen) atoms. The number of carbonyl (C=O) groups is 1. The maximum Gasteiger partial charge on any atom is 0.237 e. The molecule has 1 rings (SSSR count). The van der Waals surface area contributed by atoms with E-state index in [4.69, 9.17) is 10.5 Å². The van der Waals surface area contributed by atoms with E-state index in [2.05, 4.69) is 12.2 Å². The molecule has 0 aliphatic heterocycles. The van der Waals surface area contributed by atoms with Gasteiger partial charge in [-0.1, -0.05) is 19.8 Å². The lowest BCUT2D eigenvalue weighted by Gasteiger charge is -2.10. The number of ether oxygens (including phenoxy) is 1. The van der Waals surface area contributed by atoms with Gasteiger partial charge in [0.2, 0.25) is 5.91 Å². The lowest BCUT2D eigenvalue weighted by atomic mass is 10.2. The van der Waals surface area contributed by atoms with Crippen molar-refractivity contribution < 1.29 is 13.7 Å². The normalized spacial score (nSPS) is 11.9. The number of hydrogen-bond donors (Lipinski definition) is 2. The Morgan fingerprint density at radius 2 is 2.15 bits per heavy atom. The van der Waals surface area contributed by atoms with E-state index in [0.29, 0.717) is 22.9 Å². The van der Waals surface area contributed by atoms with E-state index >= 15 is 0 Å². The van der Waals surface area contributed by atoms with Gasteiger partial charge in [-0.2, -0.15) is 0 Å². The van der Waals surface area contributed by atoms with Gasteiger partial charge in [-0.25, -0.2) is 0 Å². The second-order valence-electron chi connectivity index (χ2n) is 4.50. The van der Waals surface area contributed by atoms with Crippen LogP contribution in [-0.4, -0.2) is 28.7 Å². The molecule has 6 heteroatoms. The number of nitrogens with one attached hydrogen (secondary N) is 1. The van der Waals surface area contributed by atoms with Crippen LogP contribution >= 0.6 is 0 Å². The Bertz CT molecular complexity index is 477. The van der Waals surface area contributed by atoms with Gasteiger partial charge >= 0.3 is 0 Å². The number of carbonyl (C=O) groups excluding carboxylic acids is 1. The Kier molecular flexibility index (Phi) is 7.08. The zero-order valence-corrected chi connectivity index (χ0v) is 12.8. The Morgan fingerprint density at radius 3 is 2.80 bits per heavy atom. The molecule has 0 bridgehead atoms. The van der Waals surface area contributed by atoms with Gasteiger partial charge in [-0.15, -0.1) is 0 Å². The number of benzene rings is 1. The Balaban J connectivity index is 2.53. The molecule has 0 fully saturated rings. The highest BCUT2D eigenvalue weighted by molar-refractivity contribution is 7.85. The third-order valence-corrected chi connectivity index (χ3v) is 4.09. The number of nitrogen functional groups attached to an aromatic ring is 1. The molecule has 0 spiro atoms. The average Bonchev–Trinajstić information content (AvgIpc) is 2.39. The number of anilines is 2. The van der Waals surface area contributed by atoms with Crippen LogP contribution < -0.4 is 15.8 Å². The quantitative estimate of drug-likeness (QED) is 0.569. The molecule has 1 aromatic carbocycles. The Hall–Kier alpha value is -1.56. The fourth-order valence-electron chi connectivity index (χ4n) is 1.74. The average molecular weight is 298 g/mol. The van der Waals surface area contributed by atoms with Crippen molar-refractivity contribution in [1.29, 1.82) is 0 Å². The van der Waals surface area contributed by atoms with Crippen LogP contribution in [0.25, 0.3) is 0 Å². The third-order valence-electron chi connectivity index (χ3n) is 2.77. The maximum absolute atomic E-state index is 11.8. The summed E-state index contributed by atoms with van der Waals surface area (Å²) in [6.07, 6.45) is 3.00. The predicted molar refractivity (Wildman–Crippen MR) is 83.4 cm³/mol. The number of hydrogen-bond acceptors (Lipinski definition) is 4. The molecule has 112 valence electrons. The summed E-state index contributed by atoms with van der Waals surface area (Å²) in [6, 6.07) is 5.00. The summed E-state index contributed by atoms with van der Waals surface area (Å²) >= 11 is 0. The van der Waals surface area contributed by atoms with E-state index in [9.17, 15) is 9.00 Å². The molecule has 3 N–H and O–H groups in total. The Morgan fingerprint density at radius 1 is 1.40 bits per heavy atom. The van der Waals surface area contributed by atoms with Crippen LogP contribution in [0, 0.1) is 0 Å². The van der Waals surface area contributed by atoms with Gasteiger partial charge in [-0.3, -0.25) is 9.00 Å². The molecule has 0 saturated carbocycles. The summed E-state index contributed by atoms with van der Waals surface area (Å²) in [5.41, 5.74) is 6.71. The molecule has 5 nitrogen and oxygen atoms in total. The topological polar surface area (TPSA) is 81.4 Å². The van der Waals surface area contributed by atoms with Crippen molar-refractivity contribution in [1.82, 2.24) is 0 Å². The highest BCUT2D eigenvalue weighted by atomic mass is 32.2. The van der Waals surface area contributed by atoms with Gasteiger partial charge in [0.15, 0.2) is 0 Å². The van der Waals surface area contributed by atoms with E-state index in [1.807, 2.05) is 0 Å². The van der Waals surface area contributed by atoms with Crippen LogP contribution in [0.2, 0.25) is 0 Å². The second-order valence-corrected chi connectivity index (χ2v) is 6.08. The van der Waals surface area contributed by atoms with E-state index < -0.39 is 10.8 Å². The number of unbranched alkanes of at least 4 members (excludes halogenated alkanes) is 2. The zero-order valence-electron chi connectivity index (χ0n) is 12.0. The molecule has 1 unspecified atom stereocenters. The van der Waals surface area contributed by atoms with Crippen LogP contribution in [0.1, 0.15) is 26.2 Å². The predicted octanol–water partition coefficient (Wildman–Crippen LogP) is 2.15. The van der Waals surface area contributed by atoms with Crippen molar-refractivity contribution in [2.75, 3.05) is 29.7 Å². The molecule has 1 amide bonds. The zero-order chi connectivity index (χ0) is 15.0. The van der Waals surface area contributed by atoms with E-state index in [-0.39, 0.29) is 11.7 Å². The number of amides is 1. The van der Waals surface area contributed by atoms with Crippen molar-refractivity contribution in [3.8, 4) is 5.75 Å². The van der Waals surface area contributed by atoms with Gasteiger partial charge in [-0.05, 0) is 24.6 Å². The first-order chi connectivity index (χ1) is 9.56. The highest BCUT2D eigenvalue weighted by Crippen LogP contribution is 2.26. The van der Waals surface area contributed by atoms with Gasteiger partial charge in [0, 0.05) is 22.2 Å². The molecule has 1 atom stereocenters. The molecular weight excluding hydrogens is 276 g/mol. The van der Waals surface area contributed by atoms with Gasteiger partial charge in [0.05, 0.1) is 12.8 Å². The molecule has 0 radical (unpaired) electrons. The highest BCUT2D eigenvalue weighted by Gasteiger charge is 2.11. The summed E-state index contributed by atoms with van der Waals surface area (Å²) in [5.74, 6) is 0.810. The summed E-state index contributed by atoms with van der Waals surface area (Å²) < 4.78 is 16.9. The number of nitrogens with two attached hydrogens (primary N) is 1. The molecule has 0 heterocycles. The van der Waals surface area contributed by atoms with Crippen LogP contribution in [0.15, 0.2) is 18.2 Å². The molecule has 0 aromatic heterocycles. The van der Waals surface area contributed by atoms with Gasteiger partial charge in [0.1, 0.15) is 11.5 Å². The molecule has 1 aromatic rings. The van der Waals surface area contributed by atoms with Gasteiger partial charge in [0.25, 0.3) is 0 Å². The third kappa shape index (κ3) is 5.61. The summed E-state index contributed by atoms with van der Waals surface area (Å²) in [7, 11) is 0.395. The second kappa shape index (κ2) is 8.58. The van der Waals surface area contributed by atoms with Crippen LogP contribution in [-0.2, 0) is 15.6 Å². The first kappa shape index (κ1) is 16.5. The number of rotatable bonds is 8. The van der Waals surface area contributed by atoms with Crippen LogP contribution in [0.4, 0.5) is 11.4 Å². The van der Waals surface area contributed by atoms with Crippen molar-refractivity contribution in [2.45, 2.75) is 26.2 Å². The minimum absolute atomic E-state index is 0.00165. The minimum atomic E-state index is -1.12. The lowest BCUT2D eigenvalue weighted by molar-refractivity contribution is -0.113. The number of methoxy groups -OCH3 is 1. The summed E-state index contributed by atoms with van der Waals surface area (Å²) in [5, 5.41) is 2.69. The van der Waals surface area contributed by atoms with Crippen LogP contribution in [0.5, 0.6) is 5.75 Å². The summed E-state index contributed by atoms with van der Waals surface area (Å²) in [6.45, 7) is 2.09. The smallest absolute Gasteiger partial charge is 0.237 e. The maximum atomic E-state index is 11.8. The molecule has 0 saturated heterocycles. The monoisotopic (exact) mass is 298 g/mol. The molecule has 0 aliphatic rings. The minimum Gasteiger partial charge on any atom is -0.495 e. The molecular formula is C14H22N2O3S. The first-order valence-corrected chi connectivity index (χ1v) is 8.14. The van der Waals surface area contributed by atoms with E-state index in [1.165, 1.54) is 7.11 Å². The van der Waals surface area contributed by atoms with E-state index in [0.717, 1.165) is 19.3 Å². The van der Waals surface area contributed by atoms with Crippen molar-refractivity contribution in [3.05, 3.63) is 18.2 Å². The first-order valence-electron chi connectivity index (χ1n) is 6.65. The van der Waals surface area contributed by atoms with Crippen LogP contribution in [0.3, 0.4) is 0 Å². The van der Waals surface area contributed by atoms with Crippen molar-refractivity contribution >= 4 is 28.1 Å². The van der Waals surface area contributed by atoms with Crippen molar-refractivity contribution in [3.63, 3.8) is 0 Å². The fourth-order valence-corrected chi connectivity index (χ4v) is 2.78. The standard InChI is InChI=1S/C14H22N2O3S/c1-3-4-5-8-20(18)10-14(17)16-12-9-11(15)6-7-13(12)19-2/h6-7,9H,3-5,8,10,15H2,1-2H3,(H,16,17). The largest absolute Gasteiger partial charge is 0.495 e. The fraction of sp³-hybridized carbons (Fsp3) is 0.500. The lowest BCUT2D eigenvalue weighted by Crippen LogP contribution is -2.21. The molecule has 0 aliphatic carbocycles. The van der Waals surface area contributed by atoms with Crippen molar-refractivity contribution in [2.24, 2.45) is 0 Å². The summed E-state index contributed by atoms with van der Waals surface area (Å²) in [4.78, 5) is 11.8. The Labute approximate surface area is 122 Å². The van der Waals surface area contributed by atoms with Gasteiger partial charge < -0.3 is 15.8 Å². The van der Waals surface area contributed by atoms with E-state index in [1.54, 1.807) is 18.2 Å².